The van der Waals surface area contributed by atoms with Crippen LogP contribution in [0.3, 0.4) is 0 Å². The molecule has 6 rings (SSSR count). The molecule has 3 aliphatic heterocycles. The normalized spacial score (nSPS) is 25.8. The van der Waals surface area contributed by atoms with Gasteiger partial charge in [0.15, 0.2) is 29.3 Å². The van der Waals surface area contributed by atoms with Crippen molar-refractivity contribution in [2.75, 3.05) is 46.9 Å². The molecule has 1 aromatic carbocycles. The van der Waals surface area contributed by atoms with Gasteiger partial charge in [-0.25, -0.2) is 4.79 Å². The number of nitrogens with zero attached hydrogens (tertiary/aromatic N) is 3. The number of Topliss-reactive ketones (excluding diaryl/α,β-unsaturated/α-hetero) is 1. The first-order valence-electron chi connectivity index (χ1n) is 18.5. The highest BCUT2D eigenvalue weighted by Crippen LogP contribution is 2.63. The predicted octanol–water partition coefficient (Wildman–Crippen LogP) is 1.19. The zero-order valence-corrected chi connectivity index (χ0v) is 30.4. The number of amides is 3. The van der Waals surface area contributed by atoms with Crippen LogP contribution in [0.2, 0.25) is 0 Å². The first kappa shape index (κ1) is 37.9. The quantitative estimate of drug-likeness (QED) is 0.0740. The van der Waals surface area contributed by atoms with Crippen LogP contribution in [0.15, 0.2) is 29.0 Å². The SMILES string of the molecule is COc1ccc2c3c1O[C@H]1C(OC(=O)N4CCCC[C@@H]4CNC(=O)[C@H](CCCN=C(N)N)CC(=O)CNC(=O)CC(=O)O)=CC[C@H]4[C@@H](C2)N(C)CC[C@]314. The van der Waals surface area contributed by atoms with Crippen LogP contribution in [0.1, 0.15) is 68.9 Å². The summed E-state index contributed by atoms with van der Waals surface area (Å²) in [6, 6.07) is 4.13. The Labute approximate surface area is 308 Å². The highest BCUT2D eigenvalue weighted by atomic mass is 16.6. The fourth-order valence-corrected chi connectivity index (χ4v) is 9.15. The molecule has 288 valence electrons. The molecule has 2 fully saturated rings. The van der Waals surface area contributed by atoms with Gasteiger partial charge < -0.3 is 51.2 Å². The van der Waals surface area contributed by atoms with Gasteiger partial charge in [0.1, 0.15) is 12.2 Å². The van der Waals surface area contributed by atoms with Crippen molar-refractivity contribution in [1.82, 2.24) is 20.4 Å². The first-order chi connectivity index (χ1) is 25.4. The van der Waals surface area contributed by atoms with Crippen molar-refractivity contribution >= 4 is 35.6 Å². The number of carbonyl (C=O) groups is 5. The molecule has 1 spiro atoms. The van der Waals surface area contributed by atoms with E-state index in [0.29, 0.717) is 42.9 Å². The maximum atomic E-state index is 14.0. The van der Waals surface area contributed by atoms with E-state index in [1.54, 1.807) is 12.0 Å². The fourth-order valence-electron chi connectivity index (χ4n) is 9.15. The van der Waals surface area contributed by atoms with Gasteiger partial charge in [0.2, 0.25) is 11.8 Å². The van der Waals surface area contributed by atoms with Crippen molar-refractivity contribution in [3.63, 3.8) is 0 Å². The number of ether oxygens (including phenoxy) is 3. The lowest BCUT2D eigenvalue weighted by Crippen LogP contribution is -2.63. The zero-order chi connectivity index (χ0) is 37.9. The van der Waals surface area contributed by atoms with Gasteiger partial charge in [0.25, 0.3) is 0 Å². The van der Waals surface area contributed by atoms with E-state index in [4.69, 9.17) is 30.8 Å². The van der Waals surface area contributed by atoms with Crippen LogP contribution in [-0.4, -0.2) is 116 Å². The second-order valence-electron chi connectivity index (χ2n) is 14.8. The molecule has 53 heavy (non-hydrogen) atoms. The second-order valence-corrected chi connectivity index (χ2v) is 14.8. The largest absolute Gasteiger partial charge is 0.493 e. The van der Waals surface area contributed by atoms with Crippen LogP contribution in [-0.2, 0) is 35.8 Å². The Morgan fingerprint density at radius 2 is 1.96 bits per heavy atom. The summed E-state index contributed by atoms with van der Waals surface area (Å²) >= 11 is 0. The molecule has 6 atom stereocenters. The molecule has 2 saturated heterocycles. The average molecular weight is 738 g/mol. The minimum absolute atomic E-state index is 0.0845. The number of ketones is 1. The molecule has 2 bridgehead atoms. The van der Waals surface area contributed by atoms with E-state index in [2.05, 4.69) is 33.6 Å². The van der Waals surface area contributed by atoms with Crippen LogP contribution < -0.4 is 31.6 Å². The Hall–Kier alpha value is -4.86. The zero-order valence-electron chi connectivity index (χ0n) is 30.4. The maximum Gasteiger partial charge on any atom is 0.415 e. The molecule has 3 heterocycles. The van der Waals surface area contributed by atoms with Gasteiger partial charge in [-0.3, -0.25) is 24.2 Å². The van der Waals surface area contributed by atoms with Gasteiger partial charge in [0.05, 0.1) is 19.7 Å². The number of methoxy groups -OCH3 is 1. The molecule has 5 aliphatic rings. The molecule has 0 aromatic heterocycles. The number of hydrogen-bond donors (Lipinski definition) is 5. The number of aliphatic carboxylic acids is 1. The van der Waals surface area contributed by atoms with E-state index in [-0.39, 0.29) is 49.3 Å². The van der Waals surface area contributed by atoms with Gasteiger partial charge in [-0.2, -0.15) is 0 Å². The third-order valence-electron chi connectivity index (χ3n) is 11.7. The third kappa shape index (κ3) is 7.78. The van der Waals surface area contributed by atoms with Gasteiger partial charge in [-0.05, 0) is 88.6 Å². The number of guanidine groups is 1. The highest BCUT2D eigenvalue weighted by molar-refractivity contribution is 5.96. The Balaban J connectivity index is 1.12. The summed E-state index contributed by atoms with van der Waals surface area (Å²) in [4.78, 5) is 70.9. The molecule has 3 amide bonds. The molecule has 0 unspecified atom stereocenters. The molecule has 16 nitrogen and oxygen atoms in total. The number of likely N-dealkylation sites (N-methyl/N-ethyl adjacent to an activating group) is 1. The second kappa shape index (κ2) is 16.0. The van der Waals surface area contributed by atoms with E-state index < -0.39 is 48.7 Å². The third-order valence-corrected chi connectivity index (χ3v) is 11.7. The molecular weight excluding hydrogens is 686 g/mol. The monoisotopic (exact) mass is 737 g/mol. The Kier molecular flexibility index (Phi) is 11.5. The summed E-state index contributed by atoms with van der Waals surface area (Å²) in [5.74, 6) is -1.49. The van der Waals surface area contributed by atoms with Crippen molar-refractivity contribution in [2.24, 2.45) is 28.3 Å². The number of piperidine rings is 2. The van der Waals surface area contributed by atoms with Crippen LogP contribution in [0.4, 0.5) is 4.79 Å². The van der Waals surface area contributed by atoms with Crippen LogP contribution >= 0.6 is 0 Å². The minimum Gasteiger partial charge on any atom is -0.493 e. The van der Waals surface area contributed by atoms with Crippen LogP contribution in [0, 0.1) is 11.8 Å². The summed E-state index contributed by atoms with van der Waals surface area (Å²) in [5.41, 5.74) is 13.0. The molecule has 0 radical (unpaired) electrons. The number of aliphatic imine (C=N–C) groups is 1. The highest BCUT2D eigenvalue weighted by Gasteiger charge is 2.65. The van der Waals surface area contributed by atoms with Crippen molar-refractivity contribution in [3.8, 4) is 11.5 Å². The molecule has 16 heteroatoms. The van der Waals surface area contributed by atoms with E-state index in [0.717, 1.165) is 44.4 Å². The minimum atomic E-state index is -1.31. The number of hydrogen-bond acceptors (Lipinski definition) is 10. The van der Waals surface area contributed by atoms with Crippen LogP contribution in [0.25, 0.3) is 0 Å². The lowest BCUT2D eigenvalue weighted by molar-refractivity contribution is -0.141. The molecule has 0 saturated carbocycles. The summed E-state index contributed by atoms with van der Waals surface area (Å²) in [7, 11) is 3.83. The summed E-state index contributed by atoms with van der Waals surface area (Å²) in [6.07, 6.45) is 5.74. The lowest BCUT2D eigenvalue weighted by atomic mass is 9.53. The Bertz CT molecular complexity index is 1680. The number of nitrogens with two attached hydrogens (primary N) is 2. The predicted molar refractivity (Wildman–Crippen MR) is 192 cm³/mol. The first-order valence-corrected chi connectivity index (χ1v) is 18.5. The van der Waals surface area contributed by atoms with E-state index in [9.17, 15) is 24.0 Å². The van der Waals surface area contributed by atoms with Gasteiger partial charge in [-0.15, -0.1) is 0 Å². The smallest absolute Gasteiger partial charge is 0.415 e. The Morgan fingerprint density at radius 1 is 1.15 bits per heavy atom. The number of allylic oxidation sites excluding steroid dienone is 1. The lowest BCUT2D eigenvalue weighted by Gasteiger charge is -2.56. The standard InChI is InChI=1S/C37H51N7O9/c1-43-15-12-37-25-9-11-28(33(37)53-32-27(51-2)10-8-21(31(32)37)17-26(25)43)52-36(50)44-14-4-3-7-23(44)19-42-34(49)22(6-5-13-40-35(38)39)16-24(45)20-41-29(46)18-30(47)48/h8,10-11,22-23,25-26,33H,3-7,9,12-20H2,1-2H3,(H,41,46)(H,42,49)(H,47,48)(H4,38,39,40)/t22-,23-,25+,26-,33+,37+/m1/s1. The Morgan fingerprint density at radius 3 is 2.72 bits per heavy atom. The van der Waals surface area contributed by atoms with E-state index >= 15 is 0 Å². The molecule has 2 aliphatic carbocycles. The number of carboxylic acids is 1. The average Bonchev–Trinajstić information content (AvgIpc) is 3.48. The summed E-state index contributed by atoms with van der Waals surface area (Å²) in [5, 5.41) is 14.0. The maximum absolute atomic E-state index is 14.0. The van der Waals surface area contributed by atoms with Crippen molar-refractivity contribution < 1.29 is 43.3 Å². The number of benzene rings is 1. The van der Waals surface area contributed by atoms with Crippen molar-refractivity contribution in [3.05, 3.63) is 35.1 Å². The van der Waals surface area contributed by atoms with Crippen molar-refractivity contribution in [1.29, 1.82) is 0 Å². The number of carboxylic acid groups (broad SMARTS) is 1. The number of nitrogens with one attached hydrogen (secondary N) is 2. The molecule has 1 aromatic rings. The van der Waals surface area contributed by atoms with Gasteiger partial charge in [-0.1, -0.05) is 6.07 Å². The molecule has 7 N–H and O–H groups in total. The van der Waals surface area contributed by atoms with Crippen LogP contribution in [0.5, 0.6) is 11.5 Å². The summed E-state index contributed by atoms with van der Waals surface area (Å²) < 4.78 is 18.7. The number of likely N-dealkylation sites (tertiary alicyclic amines) is 2. The van der Waals surface area contributed by atoms with Gasteiger partial charge >= 0.3 is 12.1 Å². The number of rotatable bonds is 15. The number of carbonyl (C=O) groups excluding carboxylic acids is 4. The van der Waals surface area contributed by atoms with E-state index in [1.165, 1.54) is 11.1 Å². The van der Waals surface area contributed by atoms with E-state index in [1.807, 2.05) is 12.1 Å². The summed E-state index contributed by atoms with van der Waals surface area (Å²) in [6.45, 7) is 1.40. The van der Waals surface area contributed by atoms with Crippen molar-refractivity contribution in [2.45, 2.75) is 87.8 Å². The molecular formula is C37H51N7O9. The topological polar surface area (TPSA) is 228 Å². The fraction of sp³-hybridized carbons (Fsp3) is 0.622. The van der Waals surface area contributed by atoms with Gasteiger partial charge in [0, 0.05) is 49.0 Å².